The highest BCUT2D eigenvalue weighted by Crippen LogP contribution is 2.35. The van der Waals surface area contributed by atoms with E-state index in [-0.39, 0.29) is 0 Å². The fourth-order valence-electron chi connectivity index (χ4n) is 2.39. The molecule has 2 aromatic rings. The molecule has 0 saturated heterocycles. The van der Waals surface area contributed by atoms with Crippen molar-refractivity contribution in [2.45, 2.75) is 18.4 Å². The number of hydrogen-bond donors (Lipinski definition) is 0. The van der Waals surface area contributed by atoms with Crippen LogP contribution < -0.4 is 0 Å². The van der Waals surface area contributed by atoms with Crippen LogP contribution in [0.1, 0.15) is 16.7 Å². The smallest absolute Gasteiger partial charge is 0.262 e. The largest absolute Gasteiger partial charge is 0.264 e. The van der Waals surface area contributed by atoms with Gasteiger partial charge in [0.1, 0.15) is 0 Å². The lowest BCUT2D eigenvalue weighted by atomic mass is 10.1. The van der Waals surface area contributed by atoms with Gasteiger partial charge in [0.05, 0.1) is 17.1 Å². The summed E-state index contributed by atoms with van der Waals surface area (Å²) in [7, 11) is -3.54. The van der Waals surface area contributed by atoms with Gasteiger partial charge in [0.2, 0.25) is 0 Å². The number of benzene rings is 2. The Bertz CT molecular complexity index is 776. The minimum absolute atomic E-state index is 0.303. The van der Waals surface area contributed by atoms with Gasteiger partial charge in [-0.2, -0.15) is 0 Å². The molecule has 0 atom stereocenters. The molecule has 20 heavy (non-hydrogen) atoms. The molecule has 3 nitrogen and oxygen atoms in total. The molecule has 0 fully saturated rings. The molecule has 0 saturated carbocycles. The second-order valence-corrected chi connectivity index (χ2v) is 6.79. The van der Waals surface area contributed by atoms with E-state index >= 15 is 0 Å². The summed E-state index contributed by atoms with van der Waals surface area (Å²) in [6.07, 6.45) is 0. The van der Waals surface area contributed by atoms with E-state index in [0.717, 1.165) is 16.7 Å². The van der Waals surface area contributed by atoms with Crippen LogP contribution in [0.5, 0.6) is 0 Å². The van der Waals surface area contributed by atoms with Crippen molar-refractivity contribution < 1.29 is 8.42 Å². The molecule has 0 aromatic heterocycles. The van der Waals surface area contributed by atoms with Gasteiger partial charge in [-0.1, -0.05) is 48.5 Å². The highest BCUT2D eigenvalue weighted by atomic mass is 32.2. The highest BCUT2D eigenvalue weighted by molar-refractivity contribution is 7.89. The number of hydrogen-bond acceptors (Lipinski definition) is 2. The van der Waals surface area contributed by atoms with Crippen LogP contribution >= 0.6 is 0 Å². The molecule has 0 bridgehead atoms. The Kier molecular flexibility index (Phi) is 2.91. The third kappa shape index (κ3) is 1.93. The molecule has 0 N–H and O–H groups in total. The molecular formula is C16H15NO2S. The third-order valence-corrected chi connectivity index (χ3v) is 5.35. The Morgan fingerprint density at radius 2 is 1.70 bits per heavy atom. The summed E-state index contributed by atoms with van der Waals surface area (Å²) < 4.78 is 26.8. The first-order valence-electron chi connectivity index (χ1n) is 6.37. The van der Waals surface area contributed by atoms with E-state index < -0.39 is 10.0 Å². The predicted octanol–water partition coefficient (Wildman–Crippen LogP) is 3.17. The lowest BCUT2D eigenvalue weighted by Crippen LogP contribution is -2.24. The van der Waals surface area contributed by atoms with Gasteiger partial charge in [-0.3, -0.25) is 4.31 Å². The van der Waals surface area contributed by atoms with Gasteiger partial charge in [-0.05, 0) is 24.6 Å². The first kappa shape index (κ1) is 12.9. The molecule has 4 heteroatoms. The maximum absolute atomic E-state index is 12.7. The van der Waals surface area contributed by atoms with Crippen molar-refractivity contribution in [2.24, 2.45) is 0 Å². The molecule has 0 unspecified atom stereocenters. The monoisotopic (exact) mass is 285 g/mol. The van der Waals surface area contributed by atoms with E-state index in [4.69, 9.17) is 0 Å². The summed E-state index contributed by atoms with van der Waals surface area (Å²) in [6, 6.07) is 14.5. The van der Waals surface area contributed by atoms with Gasteiger partial charge >= 0.3 is 0 Å². The highest BCUT2D eigenvalue weighted by Gasteiger charge is 2.32. The van der Waals surface area contributed by atoms with Crippen molar-refractivity contribution in [3.8, 4) is 0 Å². The lowest BCUT2D eigenvalue weighted by Gasteiger charge is -2.19. The second-order valence-electron chi connectivity index (χ2n) is 4.93. The molecule has 0 aliphatic carbocycles. The number of nitrogens with zero attached hydrogens (tertiary/aromatic N) is 1. The Morgan fingerprint density at radius 3 is 2.35 bits per heavy atom. The van der Waals surface area contributed by atoms with Crippen LogP contribution in [-0.2, 0) is 16.6 Å². The van der Waals surface area contributed by atoms with Gasteiger partial charge in [0.25, 0.3) is 10.0 Å². The minimum Gasteiger partial charge on any atom is -0.262 e. The van der Waals surface area contributed by atoms with Crippen molar-refractivity contribution in [1.29, 1.82) is 0 Å². The van der Waals surface area contributed by atoms with E-state index in [9.17, 15) is 8.42 Å². The van der Waals surface area contributed by atoms with Crippen LogP contribution in [0.3, 0.4) is 0 Å². The zero-order valence-electron chi connectivity index (χ0n) is 11.2. The molecule has 3 rings (SSSR count). The van der Waals surface area contributed by atoms with Crippen LogP contribution in [0, 0.1) is 6.92 Å². The van der Waals surface area contributed by atoms with Crippen molar-refractivity contribution in [2.75, 3.05) is 0 Å². The predicted molar refractivity (Wildman–Crippen MR) is 79.4 cm³/mol. The number of sulfonamides is 1. The SMILES string of the molecule is C=C1c2ccccc2CN1S(=O)(=O)c1ccc(C)cc1. The summed E-state index contributed by atoms with van der Waals surface area (Å²) in [5.74, 6) is 0. The third-order valence-electron chi connectivity index (χ3n) is 3.55. The first-order chi connectivity index (χ1) is 9.50. The van der Waals surface area contributed by atoms with Crippen LogP contribution in [0.2, 0.25) is 0 Å². The Labute approximate surface area is 119 Å². The maximum atomic E-state index is 12.7. The molecule has 102 valence electrons. The van der Waals surface area contributed by atoms with Crippen LogP contribution in [-0.4, -0.2) is 12.7 Å². The molecule has 1 aliphatic heterocycles. The van der Waals surface area contributed by atoms with Crippen LogP contribution in [0.4, 0.5) is 0 Å². The van der Waals surface area contributed by atoms with E-state index in [1.807, 2.05) is 31.2 Å². The Hall–Kier alpha value is -2.07. The fourth-order valence-corrected chi connectivity index (χ4v) is 3.82. The normalized spacial score (nSPS) is 14.4. The Morgan fingerprint density at radius 1 is 1.05 bits per heavy atom. The van der Waals surface area contributed by atoms with Gasteiger partial charge in [0.15, 0.2) is 0 Å². The van der Waals surface area contributed by atoms with E-state index in [1.54, 1.807) is 24.3 Å². The maximum Gasteiger partial charge on any atom is 0.264 e. The number of rotatable bonds is 2. The van der Waals surface area contributed by atoms with E-state index in [0.29, 0.717) is 17.1 Å². The minimum atomic E-state index is -3.54. The van der Waals surface area contributed by atoms with Gasteiger partial charge < -0.3 is 0 Å². The summed E-state index contributed by atoms with van der Waals surface area (Å²) in [4.78, 5) is 0.303. The Balaban J connectivity index is 2.03. The lowest BCUT2D eigenvalue weighted by molar-refractivity contribution is 0.519. The number of aryl methyl sites for hydroxylation is 1. The first-order valence-corrected chi connectivity index (χ1v) is 7.81. The van der Waals surface area contributed by atoms with Crippen molar-refractivity contribution in [3.63, 3.8) is 0 Å². The van der Waals surface area contributed by atoms with Crippen molar-refractivity contribution in [1.82, 2.24) is 4.31 Å². The molecule has 1 heterocycles. The standard InChI is InChI=1S/C16H15NO2S/c1-12-7-9-15(10-8-12)20(18,19)17-11-14-5-3-4-6-16(14)13(17)2/h3-10H,2,11H2,1H3. The zero-order chi connectivity index (χ0) is 14.3. The zero-order valence-corrected chi connectivity index (χ0v) is 12.0. The van der Waals surface area contributed by atoms with E-state index in [2.05, 4.69) is 6.58 Å². The summed E-state index contributed by atoms with van der Waals surface area (Å²) in [5, 5.41) is 0. The molecule has 0 radical (unpaired) electrons. The number of fused-ring (bicyclic) bond motifs is 1. The molecule has 0 amide bonds. The molecular weight excluding hydrogens is 270 g/mol. The van der Waals surface area contributed by atoms with Gasteiger partial charge in [-0.15, -0.1) is 0 Å². The summed E-state index contributed by atoms with van der Waals surface area (Å²) in [5.41, 5.74) is 3.48. The van der Waals surface area contributed by atoms with Gasteiger partial charge in [-0.25, -0.2) is 8.42 Å². The fraction of sp³-hybridized carbons (Fsp3) is 0.125. The van der Waals surface area contributed by atoms with Crippen molar-refractivity contribution >= 4 is 15.7 Å². The van der Waals surface area contributed by atoms with E-state index in [1.165, 1.54) is 4.31 Å². The summed E-state index contributed by atoms with van der Waals surface area (Å²) >= 11 is 0. The second kappa shape index (κ2) is 4.49. The molecule has 0 spiro atoms. The topological polar surface area (TPSA) is 37.4 Å². The summed E-state index contributed by atoms with van der Waals surface area (Å²) in [6.45, 7) is 6.22. The molecule has 2 aromatic carbocycles. The van der Waals surface area contributed by atoms with Crippen molar-refractivity contribution in [3.05, 3.63) is 71.8 Å². The quantitative estimate of drug-likeness (QED) is 0.850. The molecule has 1 aliphatic rings. The average molecular weight is 285 g/mol. The average Bonchev–Trinajstić information content (AvgIpc) is 2.78. The van der Waals surface area contributed by atoms with Gasteiger partial charge in [0, 0.05) is 5.56 Å². The van der Waals surface area contributed by atoms with Crippen LogP contribution in [0.15, 0.2) is 60.0 Å². The van der Waals surface area contributed by atoms with Crippen LogP contribution in [0.25, 0.3) is 5.70 Å².